The lowest BCUT2D eigenvalue weighted by Crippen LogP contribution is -2.47. The molecule has 0 saturated carbocycles. The van der Waals surface area contributed by atoms with Gasteiger partial charge in [-0.2, -0.15) is 4.98 Å². The van der Waals surface area contributed by atoms with Crippen molar-refractivity contribution in [2.45, 2.75) is 38.1 Å². The van der Waals surface area contributed by atoms with E-state index in [0.717, 1.165) is 24.9 Å². The third kappa shape index (κ3) is 3.87. The van der Waals surface area contributed by atoms with Crippen molar-refractivity contribution in [2.24, 2.45) is 5.73 Å². The van der Waals surface area contributed by atoms with Crippen LogP contribution in [0.4, 0.5) is 11.8 Å². The predicted molar refractivity (Wildman–Crippen MR) is 90.2 cm³/mol. The third-order valence-corrected chi connectivity index (χ3v) is 4.76. The van der Waals surface area contributed by atoms with Gasteiger partial charge in [-0.15, -0.1) is 0 Å². The molecular weight excluding hydrogens is 276 g/mol. The summed E-state index contributed by atoms with van der Waals surface area (Å²) in [6.45, 7) is 6.08. The summed E-state index contributed by atoms with van der Waals surface area (Å²) in [6.07, 6.45) is 8.49. The zero-order chi connectivity index (χ0) is 15.2. The topological polar surface area (TPSA) is 70.3 Å². The summed E-state index contributed by atoms with van der Waals surface area (Å²) in [6, 6.07) is 2.78. The lowest BCUT2D eigenvalue weighted by atomic mass is 10.00. The summed E-state index contributed by atoms with van der Waals surface area (Å²) in [4.78, 5) is 13.9. The van der Waals surface area contributed by atoms with Crippen molar-refractivity contribution in [1.82, 2.24) is 14.9 Å². The van der Waals surface area contributed by atoms with Gasteiger partial charge in [-0.25, -0.2) is 4.98 Å². The monoisotopic (exact) mass is 304 g/mol. The summed E-state index contributed by atoms with van der Waals surface area (Å²) in [7, 11) is 0. The fourth-order valence-electron chi connectivity index (χ4n) is 3.54. The number of hydrogen-bond acceptors (Lipinski definition) is 6. The van der Waals surface area contributed by atoms with Gasteiger partial charge in [0.15, 0.2) is 0 Å². The van der Waals surface area contributed by atoms with Crippen LogP contribution in [0.15, 0.2) is 12.3 Å². The Morgan fingerprint density at radius 1 is 1.14 bits per heavy atom. The second-order valence-electron chi connectivity index (χ2n) is 6.27. The number of anilines is 2. The maximum Gasteiger partial charge on any atom is 0.224 e. The van der Waals surface area contributed by atoms with Crippen LogP contribution in [0.5, 0.6) is 0 Å². The van der Waals surface area contributed by atoms with E-state index in [-0.39, 0.29) is 0 Å². The van der Waals surface area contributed by atoms with Gasteiger partial charge in [0.05, 0.1) is 0 Å². The molecule has 0 aromatic carbocycles. The highest BCUT2D eigenvalue weighted by Crippen LogP contribution is 2.23. The number of likely N-dealkylation sites (tertiary alicyclic amines) is 1. The van der Waals surface area contributed by atoms with E-state index in [1.54, 1.807) is 0 Å². The lowest BCUT2D eigenvalue weighted by molar-refractivity contribution is 0.141. The van der Waals surface area contributed by atoms with Gasteiger partial charge in [-0.1, -0.05) is 6.42 Å². The van der Waals surface area contributed by atoms with Gasteiger partial charge in [0.1, 0.15) is 5.82 Å². The number of rotatable bonds is 5. The first-order valence-electron chi connectivity index (χ1n) is 8.63. The second-order valence-corrected chi connectivity index (χ2v) is 6.27. The van der Waals surface area contributed by atoms with Crippen LogP contribution in [0.25, 0.3) is 0 Å². The summed E-state index contributed by atoms with van der Waals surface area (Å²) < 4.78 is 0. The maximum atomic E-state index is 5.51. The molecule has 0 aliphatic carbocycles. The first-order chi connectivity index (χ1) is 10.9. The quantitative estimate of drug-likeness (QED) is 0.854. The summed E-state index contributed by atoms with van der Waals surface area (Å²) in [5.41, 5.74) is 5.51. The Kier molecular flexibility index (Phi) is 5.45. The van der Waals surface area contributed by atoms with Crippen molar-refractivity contribution < 1.29 is 0 Å². The molecule has 0 spiro atoms. The largest absolute Gasteiger partial charge is 0.356 e. The Morgan fingerprint density at radius 3 is 2.64 bits per heavy atom. The molecule has 122 valence electrons. The van der Waals surface area contributed by atoms with Crippen molar-refractivity contribution in [2.75, 3.05) is 49.5 Å². The molecule has 2 saturated heterocycles. The first-order valence-corrected chi connectivity index (χ1v) is 8.63. The van der Waals surface area contributed by atoms with Gasteiger partial charge < -0.3 is 20.9 Å². The molecule has 0 bridgehead atoms. The van der Waals surface area contributed by atoms with E-state index < -0.39 is 0 Å². The van der Waals surface area contributed by atoms with Crippen LogP contribution in [-0.4, -0.2) is 60.2 Å². The Morgan fingerprint density at radius 2 is 1.91 bits per heavy atom. The van der Waals surface area contributed by atoms with Crippen molar-refractivity contribution >= 4 is 11.8 Å². The van der Waals surface area contributed by atoms with Crippen molar-refractivity contribution in [1.29, 1.82) is 0 Å². The van der Waals surface area contributed by atoms with Crippen LogP contribution >= 0.6 is 0 Å². The average molecular weight is 304 g/mol. The predicted octanol–water partition coefficient (Wildman–Crippen LogP) is 1.30. The summed E-state index contributed by atoms with van der Waals surface area (Å²) in [5, 5.41) is 3.15. The standard InChI is InChI=1S/C16H28N6/c17-7-9-19-16-18-8-4-15(20-16)22-12-5-14(6-13-22)21-10-2-1-3-11-21/h4,8,14H,1-3,5-7,9-13,17H2,(H,18,19,20). The number of aromatic nitrogens is 2. The lowest BCUT2D eigenvalue weighted by Gasteiger charge is -2.40. The van der Waals surface area contributed by atoms with E-state index in [4.69, 9.17) is 5.73 Å². The fourth-order valence-corrected chi connectivity index (χ4v) is 3.54. The molecule has 0 unspecified atom stereocenters. The zero-order valence-corrected chi connectivity index (χ0v) is 13.4. The first kappa shape index (κ1) is 15.5. The summed E-state index contributed by atoms with van der Waals surface area (Å²) in [5.74, 6) is 1.72. The molecule has 0 amide bonds. The van der Waals surface area contributed by atoms with Gasteiger partial charge in [0.2, 0.25) is 5.95 Å². The molecular formula is C16H28N6. The van der Waals surface area contributed by atoms with E-state index in [1.165, 1.54) is 45.2 Å². The molecule has 22 heavy (non-hydrogen) atoms. The summed E-state index contributed by atoms with van der Waals surface area (Å²) >= 11 is 0. The Bertz CT molecular complexity index is 452. The molecule has 6 nitrogen and oxygen atoms in total. The smallest absolute Gasteiger partial charge is 0.224 e. The normalized spacial score (nSPS) is 21.0. The van der Waals surface area contributed by atoms with Crippen LogP contribution in [0.2, 0.25) is 0 Å². The van der Waals surface area contributed by atoms with E-state index in [9.17, 15) is 0 Å². The molecule has 3 heterocycles. The highest BCUT2D eigenvalue weighted by atomic mass is 15.3. The average Bonchev–Trinajstić information content (AvgIpc) is 2.61. The van der Waals surface area contributed by atoms with Gasteiger partial charge >= 0.3 is 0 Å². The van der Waals surface area contributed by atoms with Gasteiger partial charge in [-0.3, -0.25) is 0 Å². The van der Waals surface area contributed by atoms with Crippen molar-refractivity contribution in [3.05, 3.63) is 12.3 Å². The number of nitrogens with one attached hydrogen (secondary N) is 1. The molecule has 1 aromatic rings. The molecule has 2 aliphatic heterocycles. The van der Waals surface area contributed by atoms with E-state index in [0.29, 0.717) is 19.0 Å². The minimum absolute atomic E-state index is 0.592. The molecule has 3 N–H and O–H groups in total. The van der Waals surface area contributed by atoms with Crippen LogP contribution in [0.3, 0.4) is 0 Å². The SMILES string of the molecule is NCCNc1nccc(N2CCC(N3CCCCC3)CC2)n1. The van der Waals surface area contributed by atoms with Crippen LogP contribution in [-0.2, 0) is 0 Å². The highest BCUT2D eigenvalue weighted by Gasteiger charge is 2.26. The molecule has 3 rings (SSSR count). The van der Waals surface area contributed by atoms with Crippen molar-refractivity contribution in [3.63, 3.8) is 0 Å². The van der Waals surface area contributed by atoms with Gasteiger partial charge in [-0.05, 0) is 44.8 Å². The van der Waals surface area contributed by atoms with Crippen LogP contribution in [0.1, 0.15) is 32.1 Å². The number of nitrogens with two attached hydrogens (primary N) is 1. The molecule has 0 atom stereocenters. The number of hydrogen-bond donors (Lipinski definition) is 2. The second kappa shape index (κ2) is 7.74. The van der Waals surface area contributed by atoms with Crippen molar-refractivity contribution in [3.8, 4) is 0 Å². The Balaban J connectivity index is 1.54. The molecule has 1 aromatic heterocycles. The molecule has 2 fully saturated rings. The minimum atomic E-state index is 0.592. The highest BCUT2D eigenvalue weighted by molar-refractivity contribution is 5.42. The van der Waals surface area contributed by atoms with E-state index in [2.05, 4.69) is 25.1 Å². The van der Waals surface area contributed by atoms with E-state index in [1.807, 2.05) is 12.3 Å². The molecule has 2 aliphatic rings. The van der Waals surface area contributed by atoms with E-state index >= 15 is 0 Å². The third-order valence-electron chi connectivity index (χ3n) is 4.76. The number of nitrogens with zero attached hydrogens (tertiary/aromatic N) is 4. The van der Waals surface area contributed by atoms with Gasteiger partial charge in [0, 0.05) is 38.4 Å². The Labute approximate surface area is 133 Å². The molecule has 6 heteroatoms. The number of piperidine rings is 2. The van der Waals surface area contributed by atoms with Crippen LogP contribution in [0, 0.1) is 0 Å². The minimum Gasteiger partial charge on any atom is -0.356 e. The Hall–Kier alpha value is -1.40. The maximum absolute atomic E-state index is 5.51. The zero-order valence-electron chi connectivity index (χ0n) is 13.4. The molecule has 0 radical (unpaired) electrons. The van der Waals surface area contributed by atoms with Crippen LogP contribution < -0.4 is 16.0 Å². The van der Waals surface area contributed by atoms with Gasteiger partial charge in [0.25, 0.3) is 0 Å². The fraction of sp³-hybridized carbons (Fsp3) is 0.750.